The highest BCUT2D eigenvalue weighted by Gasteiger charge is 2.13. The lowest BCUT2D eigenvalue weighted by Gasteiger charge is -2.08. The number of hydrogen-bond acceptors (Lipinski definition) is 0. The third-order valence-electron chi connectivity index (χ3n) is 3.75. The molecule has 104 valence electrons. The predicted molar refractivity (Wildman–Crippen MR) is 88.0 cm³/mol. The van der Waals surface area contributed by atoms with Crippen LogP contribution < -0.4 is 4.57 Å². The van der Waals surface area contributed by atoms with E-state index in [1.165, 1.54) is 5.56 Å². The molecule has 0 saturated carbocycles. The van der Waals surface area contributed by atoms with E-state index in [-0.39, 0.29) is 0 Å². The Labute approximate surface area is 130 Å². The molecule has 0 fully saturated rings. The second-order valence-corrected chi connectivity index (χ2v) is 5.31. The Kier molecular flexibility index (Phi) is 2.72. The predicted octanol–water partition coefficient (Wildman–Crippen LogP) is 4.46. The minimum absolute atomic E-state index is 0.352. The van der Waals surface area contributed by atoms with E-state index in [4.69, 9.17) is 4.11 Å². The van der Waals surface area contributed by atoms with Crippen LogP contribution in [-0.4, -0.2) is 0 Å². The average molecular weight is 277 g/mol. The first-order valence-electron chi connectivity index (χ1n) is 8.53. The highest BCUT2D eigenvalue weighted by atomic mass is 14.9. The first-order valence-corrected chi connectivity index (χ1v) is 7.03. The van der Waals surface area contributed by atoms with E-state index in [0.717, 1.165) is 22.4 Å². The number of aryl methyl sites for hydroxylation is 3. The Bertz CT molecular complexity index is 868. The van der Waals surface area contributed by atoms with Crippen molar-refractivity contribution >= 4 is 0 Å². The second-order valence-electron chi connectivity index (χ2n) is 5.31. The molecule has 1 heteroatoms. The van der Waals surface area contributed by atoms with Crippen LogP contribution in [0.25, 0.3) is 22.4 Å². The van der Waals surface area contributed by atoms with Crippen LogP contribution >= 0.6 is 0 Å². The smallest absolute Gasteiger partial charge is 0.201 e. The van der Waals surface area contributed by atoms with E-state index < -0.39 is 6.85 Å². The van der Waals surface area contributed by atoms with Gasteiger partial charge in [-0.05, 0) is 42.6 Å². The minimum atomic E-state index is -2.09. The molecule has 1 aromatic heterocycles. The SMILES string of the molecule is [2H]C([2H])([2H])c1ccc(-c2cc(-c3ccccc3)ccc2C)[n+](C)c1. The van der Waals surface area contributed by atoms with Crippen LogP contribution in [-0.2, 0) is 7.05 Å². The number of hydrogen-bond donors (Lipinski definition) is 0. The Morgan fingerprint density at radius 1 is 0.905 bits per heavy atom. The molecule has 0 N–H and O–H groups in total. The molecule has 2 aromatic carbocycles. The van der Waals surface area contributed by atoms with Gasteiger partial charge in [0.05, 0.1) is 0 Å². The van der Waals surface area contributed by atoms with Gasteiger partial charge in [-0.2, -0.15) is 0 Å². The van der Waals surface area contributed by atoms with Gasteiger partial charge in [0.15, 0.2) is 6.20 Å². The maximum absolute atomic E-state index is 7.55. The highest BCUT2D eigenvalue weighted by molar-refractivity contribution is 5.72. The zero-order valence-electron chi connectivity index (χ0n) is 15.3. The van der Waals surface area contributed by atoms with Crippen molar-refractivity contribution < 1.29 is 8.68 Å². The molecule has 0 bridgehead atoms. The van der Waals surface area contributed by atoms with Gasteiger partial charge in [0.2, 0.25) is 5.69 Å². The van der Waals surface area contributed by atoms with Crippen molar-refractivity contribution in [1.29, 1.82) is 0 Å². The summed E-state index contributed by atoms with van der Waals surface area (Å²) in [5.41, 5.74) is 5.93. The van der Waals surface area contributed by atoms with E-state index in [0.29, 0.717) is 5.56 Å². The molecule has 0 amide bonds. The molecule has 0 atom stereocenters. The van der Waals surface area contributed by atoms with Gasteiger partial charge in [-0.15, -0.1) is 0 Å². The molecule has 0 aliphatic carbocycles. The molecule has 0 saturated heterocycles. The molecular formula is C20H20N+. The van der Waals surface area contributed by atoms with Gasteiger partial charge in [-0.3, -0.25) is 0 Å². The number of benzene rings is 2. The van der Waals surface area contributed by atoms with Crippen molar-refractivity contribution in [2.24, 2.45) is 7.05 Å². The molecule has 0 aliphatic heterocycles. The van der Waals surface area contributed by atoms with E-state index in [9.17, 15) is 0 Å². The lowest BCUT2D eigenvalue weighted by atomic mass is 9.97. The average Bonchev–Trinajstić information content (AvgIpc) is 2.55. The topological polar surface area (TPSA) is 3.88 Å². The van der Waals surface area contributed by atoms with Gasteiger partial charge < -0.3 is 0 Å². The highest BCUT2D eigenvalue weighted by Crippen LogP contribution is 2.27. The summed E-state index contributed by atoms with van der Waals surface area (Å²) in [6, 6.07) is 20.2. The third kappa shape index (κ3) is 2.73. The molecule has 0 radical (unpaired) electrons. The van der Waals surface area contributed by atoms with Gasteiger partial charge in [-0.1, -0.05) is 42.5 Å². The van der Waals surface area contributed by atoms with Gasteiger partial charge in [0.25, 0.3) is 0 Å². The minimum Gasteiger partial charge on any atom is -0.201 e. The fraction of sp³-hybridized carbons (Fsp3) is 0.150. The van der Waals surface area contributed by atoms with Crippen LogP contribution in [0, 0.1) is 13.8 Å². The molecule has 1 heterocycles. The molecular weight excluding hydrogens is 254 g/mol. The largest absolute Gasteiger partial charge is 0.212 e. The summed E-state index contributed by atoms with van der Waals surface area (Å²) in [6.45, 7) is -0.0149. The Hall–Kier alpha value is -2.41. The molecule has 21 heavy (non-hydrogen) atoms. The van der Waals surface area contributed by atoms with E-state index >= 15 is 0 Å². The monoisotopic (exact) mass is 277 g/mol. The Morgan fingerprint density at radius 2 is 1.71 bits per heavy atom. The summed E-state index contributed by atoms with van der Waals surface area (Å²) < 4.78 is 24.5. The maximum Gasteiger partial charge on any atom is 0.212 e. The lowest BCUT2D eigenvalue weighted by Crippen LogP contribution is -2.31. The maximum atomic E-state index is 7.55. The summed E-state index contributed by atoms with van der Waals surface area (Å²) in [4.78, 5) is 0. The fourth-order valence-electron chi connectivity index (χ4n) is 2.60. The number of nitrogens with zero attached hydrogens (tertiary/aromatic N) is 1. The van der Waals surface area contributed by atoms with Crippen LogP contribution in [0.1, 0.15) is 15.2 Å². The third-order valence-corrected chi connectivity index (χ3v) is 3.75. The van der Waals surface area contributed by atoms with Crippen molar-refractivity contribution in [3.05, 3.63) is 78.0 Å². The van der Waals surface area contributed by atoms with E-state index in [2.05, 4.69) is 37.3 Å². The van der Waals surface area contributed by atoms with Crippen molar-refractivity contribution in [1.82, 2.24) is 0 Å². The molecule has 0 aliphatic rings. The van der Waals surface area contributed by atoms with Crippen LogP contribution in [0.5, 0.6) is 0 Å². The van der Waals surface area contributed by atoms with Gasteiger partial charge in [0.1, 0.15) is 7.05 Å². The zero-order valence-corrected chi connectivity index (χ0v) is 12.3. The Morgan fingerprint density at radius 3 is 2.43 bits per heavy atom. The lowest BCUT2D eigenvalue weighted by molar-refractivity contribution is -0.660. The summed E-state index contributed by atoms with van der Waals surface area (Å²) in [6.07, 6.45) is 1.69. The fourth-order valence-corrected chi connectivity index (χ4v) is 2.60. The first kappa shape index (κ1) is 10.3. The normalized spacial score (nSPS) is 13.3. The molecule has 0 spiro atoms. The zero-order chi connectivity index (χ0) is 17.3. The van der Waals surface area contributed by atoms with Gasteiger partial charge in [0, 0.05) is 21.3 Å². The van der Waals surface area contributed by atoms with Crippen molar-refractivity contribution in [3.8, 4) is 22.4 Å². The second kappa shape index (κ2) is 5.53. The van der Waals surface area contributed by atoms with Crippen LogP contribution in [0.4, 0.5) is 0 Å². The molecule has 3 aromatic rings. The van der Waals surface area contributed by atoms with Gasteiger partial charge >= 0.3 is 0 Å². The molecule has 1 nitrogen and oxygen atoms in total. The van der Waals surface area contributed by atoms with Crippen LogP contribution in [0.2, 0.25) is 0 Å². The summed E-state index contributed by atoms with van der Waals surface area (Å²) in [5.74, 6) is 0. The summed E-state index contributed by atoms with van der Waals surface area (Å²) >= 11 is 0. The van der Waals surface area contributed by atoms with E-state index in [1.807, 2.05) is 35.9 Å². The van der Waals surface area contributed by atoms with Crippen molar-refractivity contribution in [2.75, 3.05) is 0 Å². The Balaban J connectivity index is 2.10. The first-order chi connectivity index (χ1) is 11.4. The van der Waals surface area contributed by atoms with Crippen molar-refractivity contribution in [3.63, 3.8) is 0 Å². The number of rotatable bonds is 2. The molecule has 0 unspecified atom stereocenters. The quantitative estimate of drug-likeness (QED) is 0.609. The summed E-state index contributed by atoms with van der Waals surface area (Å²) in [5, 5.41) is 0. The standard InChI is InChI=1S/C20H20N/c1-15-9-12-20(21(3)14-15)19-13-18(11-10-16(19)2)17-7-5-4-6-8-17/h4-14H,1-3H3/q+1/i1D3. The number of aromatic nitrogens is 1. The molecule has 3 rings (SSSR count). The van der Waals surface area contributed by atoms with Gasteiger partial charge in [-0.25, -0.2) is 4.57 Å². The summed E-state index contributed by atoms with van der Waals surface area (Å²) in [7, 11) is 1.89. The van der Waals surface area contributed by atoms with Crippen LogP contribution in [0.3, 0.4) is 0 Å². The van der Waals surface area contributed by atoms with Crippen LogP contribution in [0.15, 0.2) is 66.9 Å². The van der Waals surface area contributed by atoms with Crippen molar-refractivity contribution in [2.45, 2.75) is 13.8 Å². The van der Waals surface area contributed by atoms with E-state index in [1.54, 1.807) is 12.3 Å². The number of pyridine rings is 1.